The summed E-state index contributed by atoms with van der Waals surface area (Å²) in [5.74, 6) is 2.84. The van der Waals surface area contributed by atoms with Crippen LogP contribution in [0.2, 0.25) is 0 Å². The van der Waals surface area contributed by atoms with E-state index >= 15 is 0 Å². The lowest BCUT2D eigenvalue weighted by atomic mass is 10.2. The average molecular weight is 458 g/mol. The Balaban J connectivity index is 0.00000225. The van der Waals surface area contributed by atoms with Crippen LogP contribution in [0.5, 0.6) is 5.75 Å². The van der Waals surface area contributed by atoms with Gasteiger partial charge in [0.2, 0.25) is 0 Å². The highest BCUT2D eigenvalue weighted by atomic mass is 127. The molecule has 2 fully saturated rings. The molecule has 0 spiro atoms. The molecule has 25 heavy (non-hydrogen) atoms. The summed E-state index contributed by atoms with van der Waals surface area (Å²) in [5.41, 5.74) is 1.27. The van der Waals surface area contributed by atoms with E-state index in [9.17, 15) is 0 Å². The molecule has 1 heterocycles. The molecule has 0 aromatic heterocycles. The zero-order chi connectivity index (χ0) is 16.9. The molecule has 1 aliphatic heterocycles. The van der Waals surface area contributed by atoms with Crippen LogP contribution in [0.25, 0.3) is 0 Å². The first-order valence-corrected chi connectivity index (χ1v) is 9.12. The lowest BCUT2D eigenvalue weighted by molar-refractivity contribution is 0.371. The number of hydrogen-bond donors (Lipinski definition) is 1. The van der Waals surface area contributed by atoms with Gasteiger partial charge in [0.1, 0.15) is 5.75 Å². The van der Waals surface area contributed by atoms with Crippen LogP contribution in [-0.2, 0) is 0 Å². The fraction of sp³-hybridized carbons (Fsp3) is 0.632. The maximum absolute atomic E-state index is 5.24. The monoisotopic (exact) mass is 458 g/mol. The number of anilines is 1. The molecule has 6 heteroatoms. The number of nitrogens with zero attached hydrogens (tertiary/aromatic N) is 3. The molecule has 2 aliphatic rings. The lowest BCUT2D eigenvalue weighted by Gasteiger charge is -2.37. The van der Waals surface area contributed by atoms with Gasteiger partial charge in [-0.2, -0.15) is 0 Å². The number of methoxy groups -OCH3 is 1. The van der Waals surface area contributed by atoms with Crippen LogP contribution < -0.4 is 15.0 Å². The third kappa shape index (κ3) is 5.15. The molecule has 140 valence electrons. The SMILES string of the molecule is CCCC1CC1NC(=NC)N1CCN(c2ccc(OC)cc2)CC1.I. The molecule has 1 saturated heterocycles. The van der Waals surface area contributed by atoms with E-state index in [1.807, 2.05) is 19.2 Å². The van der Waals surface area contributed by atoms with E-state index in [4.69, 9.17) is 4.74 Å². The largest absolute Gasteiger partial charge is 0.497 e. The number of halogens is 1. The van der Waals surface area contributed by atoms with Gasteiger partial charge < -0.3 is 19.9 Å². The lowest BCUT2D eigenvalue weighted by Crippen LogP contribution is -2.53. The Labute approximate surface area is 168 Å². The molecule has 1 aromatic carbocycles. The van der Waals surface area contributed by atoms with Crippen LogP contribution in [0, 0.1) is 5.92 Å². The van der Waals surface area contributed by atoms with Gasteiger partial charge in [-0.25, -0.2) is 0 Å². The molecule has 3 rings (SSSR count). The van der Waals surface area contributed by atoms with Crippen molar-refractivity contribution in [3.05, 3.63) is 24.3 Å². The Hall–Kier alpha value is -1.18. The molecular formula is C19H31IN4O. The van der Waals surface area contributed by atoms with Gasteiger partial charge in [0, 0.05) is 45.0 Å². The number of rotatable bonds is 5. The number of hydrogen-bond acceptors (Lipinski definition) is 3. The summed E-state index contributed by atoms with van der Waals surface area (Å²) >= 11 is 0. The van der Waals surface area contributed by atoms with Crippen LogP contribution >= 0.6 is 24.0 Å². The predicted octanol–water partition coefficient (Wildman–Crippen LogP) is 3.20. The number of ether oxygens (including phenoxy) is 1. The summed E-state index contributed by atoms with van der Waals surface area (Å²) in [7, 11) is 3.60. The van der Waals surface area contributed by atoms with Crippen LogP contribution in [0.3, 0.4) is 0 Å². The summed E-state index contributed by atoms with van der Waals surface area (Å²) in [4.78, 5) is 9.32. The second kappa shape index (κ2) is 9.50. The third-order valence-electron chi connectivity index (χ3n) is 5.13. The Bertz CT molecular complexity index is 555. The minimum atomic E-state index is 0. The third-order valence-corrected chi connectivity index (χ3v) is 5.13. The van der Waals surface area contributed by atoms with E-state index in [-0.39, 0.29) is 24.0 Å². The first-order chi connectivity index (χ1) is 11.7. The molecular weight excluding hydrogens is 427 g/mol. The van der Waals surface area contributed by atoms with Crippen molar-refractivity contribution in [3.63, 3.8) is 0 Å². The van der Waals surface area contributed by atoms with E-state index in [0.29, 0.717) is 6.04 Å². The van der Waals surface area contributed by atoms with Gasteiger partial charge in [-0.05, 0) is 43.0 Å². The summed E-state index contributed by atoms with van der Waals surface area (Å²) in [5, 5.41) is 3.66. The maximum Gasteiger partial charge on any atom is 0.193 e. The van der Waals surface area contributed by atoms with Crippen molar-refractivity contribution in [2.75, 3.05) is 45.2 Å². The smallest absolute Gasteiger partial charge is 0.193 e. The number of nitrogens with one attached hydrogen (secondary N) is 1. The molecule has 0 amide bonds. The van der Waals surface area contributed by atoms with E-state index in [2.05, 4.69) is 39.2 Å². The molecule has 1 saturated carbocycles. The van der Waals surface area contributed by atoms with Gasteiger partial charge in [0.25, 0.3) is 0 Å². The van der Waals surface area contributed by atoms with Crippen molar-refractivity contribution < 1.29 is 4.74 Å². The first kappa shape index (κ1) is 20.1. The summed E-state index contributed by atoms with van der Waals surface area (Å²) < 4.78 is 5.24. The van der Waals surface area contributed by atoms with Crippen molar-refractivity contribution in [1.82, 2.24) is 10.2 Å². The highest BCUT2D eigenvalue weighted by molar-refractivity contribution is 14.0. The van der Waals surface area contributed by atoms with Gasteiger partial charge in [0.15, 0.2) is 5.96 Å². The fourth-order valence-electron chi connectivity index (χ4n) is 3.55. The van der Waals surface area contributed by atoms with E-state index in [1.54, 1.807) is 7.11 Å². The van der Waals surface area contributed by atoms with Crippen molar-refractivity contribution in [2.45, 2.75) is 32.2 Å². The van der Waals surface area contributed by atoms with Gasteiger partial charge in [-0.3, -0.25) is 4.99 Å². The minimum Gasteiger partial charge on any atom is -0.497 e. The summed E-state index contributed by atoms with van der Waals surface area (Å²) in [6, 6.07) is 8.98. The Kier molecular flexibility index (Phi) is 7.65. The zero-order valence-electron chi connectivity index (χ0n) is 15.6. The summed E-state index contributed by atoms with van der Waals surface area (Å²) in [6.07, 6.45) is 3.92. The Morgan fingerprint density at radius 3 is 2.44 bits per heavy atom. The van der Waals surface area contributed by atoms with Gasteiger partial charge in [0.05, 0.1) is 7.11 Å². The molecule has 1 aromatic rings. The molecule has 0 radical (unpaired) electrons. The van der Waals surface area contributed by atoms with Crippen molar-refractivity contribution in [2.24, 2.45) is 10.9 Å². The topological polar surface area (TPSA) is 40.1 Å². The van der Waals surface area contributed by atoms with E-state index < -0.39 is 0 Å². The average Bonchev–Trinajstić information content (AvgIpc) is 3.38. The van der Waals surface area contributed by atoms with Crippen LogP contribution in [-0.4, -0.2) is 57.2 Å². The number of guanidine groups is 1. The minimum absolute atomic E-state index is 0. The molecule has 1 aliphatic carbocycles. The zero-order valence-corrected chi connectivity index (χ0v) is 17.9. The fourth-order valence-corrected chi connectivity index (χ4v) is 3.55. The number of benzene rings is 1. The second-order valence-corrected chi connectivity index (χ2v) is 6.75. The standard InChI is InChI=1S/C19H30N4O.HI/c1-4-5-15-14-18(15)21-19(20-2)23-12-10-22(11-13-23)16-6-8-17(24-3)9-7-16;/h6-9,15,18H,4-5,10-14H2,1-3H3,(H,20,21);1H. The Morgan fingerprint density at radius 2 is 1.88 bits per heavy atom. The first-order valence-electron chi connectivity index (χ1n) is 9.12. The predicted molar refractivity (Wildman–Crippen MR) is 115 cm³/mol. The number of piperazine rings is 1. The normalized spacial score (nSPS) is 23.1. The molecule has 0 bridgehead atoms. The van der Waals surface area contributed by atoms with Crippen LogP contribution in [0.15, 0.2) is 29.3 Å². The van der Waals surface area contributed by atoms with E-state index in [0.717, 1.165) is 43.8 Å². The Morgan fingerprint density at radius 1 is 1.20 bits per heavy atom. The molecule has 1 N–H and O–H groups in total. The molecule has 2 atom stereocenters. The van der Waals surface area contributed by atoms with Crippen LogP contribution in [0.4, 0.5) is 5.69 Å². The van der Waals surface area contributed by atoms with Gasteiger partial charge >= 0.3 is 0 Å². The van der Waals surface area contributed by atoms with Crippen LogP contribution in [0.1, 0.15) is 26.2 Å². The molecule has 2 unspecified atom stereocenters. The van der Waals surface area contributed by atoms with Crippen molar-refractivity contribution in [3.8, 4) is 5.75 Å². The van der Waals surface area contributed by atoms with Gasteiger partial charge in [-0.1, -0.05) is 13.3 Å². The highest BCUT2D eigenvalue weighted by Crippen LogP contribution is 2.34. The quantitative estimate of drug-likeness (QED) is 0.418. The van der Waals surface area contributed by atoms with Crippen molar-refractivity contribution in [1.29, 1.82) is 0 Å². The second-order valence-electron chi connectivity index (χ2n) is 6.75. The highest BCUT2D eigenvalue weighted by Gasteiger charge is 2.37. The maximum atomic E-state index is 5.24. The van der Waals surface area contributed by atoms with Crippen molar-refractivity contribution >= 4 is 35.6 Å². The number of aliphatic imine (C=N–C) groups is 1. The molecule has 5 nitrogen and oxygen atoms in total. The van der Waals surface area contributed by atoms with E-state index in [1.165, 1.54) is 24.9 Å². The van der Waals surface area contributed by atoms with Gasteiger partial charge in [-0.15, -0.1) is 24.0 Å². The summed E-state index contributed by atoms with van der Waals surface area (Å²) in [6.45, 7) is 6.34.